The summed E-state index contributed by atoms with van der Waals surface area (Å²) in [7, 11) is 1.69. The van der Waals surface area contributed by atoms with Crippen LogP contribution in [0.2, 0.25) is 0 Å². The van der Waals surface area contributed by atoms with E-state index in [0.717, 1.165) is 38.5 Å². The Morgan fingerprint density at radius 1 is 1.33 bits per heavy atom. The first-order valence-corrected chi connectivity index (χ1v) is 7.26. The van der Waals surface area contributed by atoms with Gasteiger partial charge in [0.25, 0.3) is 0 Å². The Morgan fingerprint density at radius 2 is 2.19 bits per heavy atom. The molecular weight excluding hydrogens is 266 g/mol. The Hall–Kier alpha value is -1.85. The molecule has 0 saturated carbocycles. The van der Waals surface area contributed by atoms with E-state index in [2.05, 4.69) is 26.6 Å². The molecule has 0 radical (unpaired) electrons. The van der Waals surface area contributed by atoms with Crippen LogP contribution in [-0.4, -0.2) is 47.4 Å². The van der Waals surface area contributed by atoms with E-state index in [1.165, 1.54) is 5.56 Å². The molecule has 0 N–H and O–H groups in total. The van der Waals surface area contributed by atoms with Crippen LogP contribution in [0.25, 0.3) is 0 Å². The van der Waals surface area contributed by atoms with Gasteiger partial charge in [-0.25, -0.2) is 4.98 Å². The van der Waals surface area contributed by atoms with Crippen LogP contribution in [-0.2, 0) is 17.8 Å². The summed E-state index contributed by atoms with van der Waals surface area (Å²) >= 11 is 0. The van der Waals surface area contributed by atoms with Crippen molar-refractivity contribution in [3.63, 3.8) is 0 Å². The third-order valence-corrected chi connectivity index (χ3v) is 3.76. The lowest BCUT2D eigenvalue weighted by Crippen LogP contribution is -2.43. The van der Waals surface area contributed by atoms with Gasteiger partial charge in [0.1, 0.15) is 5.75 Å². The van der Waals surface area contributed by atoms with Crippen molar-refractivity contribution in [2.75, 3.05) is 26.8 Å². The summed E-state index contributed by atoms with van der Waals surface area (Å²) < 4.78 is 13.1. The maximum Gasteiger partial charge on any atom is 0.118 e. The fraction of sp³-hybridized carbons (Fsp3) is 0.438. The minimum Gasteiger partial charge on any atom is -0.497 e. The maximum atomic E-state index is 5.85. The van der Waals surface area contributed by atoms with Crippen molar-refractivity contribution < 1.29 is 9.47 Å². The molecule has 2 aromatic rings. The molecule has 0 aliphatic carbocycles. The minimum atomic E-state index is 0.228. The van der Waals surface area contributed by atoms with Crippen molar-refractivity contribution in [3.05, 3.63) is 48.5 Å². The van der Waals surface area contributed by atoms with Gasteiger partial charge in [-0.15, -0.1) is 0 Å². The molecule has 112 valence electrons. The number of nitrogens with zero attached hydrogens (tertiary/aromatic N) is 3. The topological polar surface area (TPSA) is 39.5 Å². The lowest BCUT2D eigenvalue weighted by molar-refractivity contribution is -0.0387. The van der Waals surface area contributed by atoms with E-state index in [1.54, 1.807) is 13.3 Å². The predicted octanol–water partition coefficient (Wildman–Crippen LogP) is 1.79. The van der Waals surface area contributed by atoms with E-state index in [9.17, 15) is 0 Å². The quantitative estimate of drug-likeness (QED) is 0.840. The SMILES string of the molecule is COc1ccc(CN2CCOC(Cn3ccnc3)C2)cc1. The molecule has 1 saturated heterocycles. The zero-order valence-corrected chi connectivity index (χ0v) is 12.3. The van der Waals surface area contributed by atoms with Crippen molar-refractivity contribution >= 4 is 0 Å². The number of benzene rings is 1. The molecule has 21 heavy (non-hydrogen) atoms. The number of imidazole rings is 1. The molecular formula is C16H21N3O2. The highest BCUT2D eigenvalue weighted by Gasteiger charge is 2.20. The molecule has 1 aromatic heterocycles. The zero-order valence-electron chi connectivity index (χ0n) is 12.3. The van der Waals surface area contributed by atoms with Crippen molar-refractivity contribution in [1.82, 2.24) is 14.5 Å². The molecule has 1 aliphatic rings. The van der Waals surface area contributed by atoms with Crippen LogP contribution >= 0.6 is 0 Å². The number of aromatic nitrogens is 2. The maximum absolute atomic E-state index is 5.85. The normalized spacial score (nSPS) is 19.6. The smallest absolute Gasteiger partial charge is 0.118 e. The highest BCUT2D eigenvalue weighted by atomic mass is 16.5. The van der Waals surface area contributed by atoms with Crippen molar-refractivity contribution in [1.29, 1.82) is 0 Å². The number of hydrogen-bond acceptors (Lipinski definition) is 4. The van der Waals surface area contributed by atoms with Gasteiger partial charge in [0.15, 0.2) is 0 Å². The van der Waals surface area contributed by atoms with Gasteiger partial charge in [-0.05, 0) is 17.7 Å². The van der Waals surface area contributed by atoms with Gasteiger partial charge in [0.2, 0.25) is 0 Å². The first-order chi connectivity index (χ1) is 10.3. The van der Waals surface area contributed by atoms with E-state index < -0.39 is 0 Å². The largest absolute Gasteiger partial charge is 0.497 e. The van der Waals surface area contributed by atoms with Crippen molar-refractivity contribution in [2.45, 2.75) is 19.2 Å². The molecule has 0 bridgehead atoms. The zero-order chi connectivity index (χ0) is 14.5. The number of ether oxygens (including phenoxy) is 2. The summed E-state index contributed by atoms with van der Waals surface area (Å²) in [5.41, 5.74) is 1.30. The molecule has 3 rings (SSSR count). The van der Waals surface area contributed by atoms with Gasteiger partial charge in [-0.1, -0.05) is 12.1 Å². The standard InChI is InChI=1S/C16H21N3O2/c1-20-15-4-2-14(3-5-15)10-18-8-9-21-16(11-18)12-19-7-6-17-13-19/h2-7,13,16H,8-12H2,1H3. The van der Waals surface area contributed by atoms with Crippen LogP contribution in [0.1, 0.15) is 5.56 Å². The molecule has 1 fully saturated rings. The molecule has 1 unspecified atom stereocenters. The van der Waals surface area contributed by atoms with Crippen LogP contribution in [0.3, 0.4) is 0 Å². The second-order valence-corrected chi connectivity index (χ2v) is 5.34. The van der Waals surface area contributed by atoms with Crippen molar-refractivity contribution in [2.24, 2.45) is 0 Å². The number of morpholine rings is 1. The van der Waals surface area contributed by atoms with E-state index >= 15 is 0 Å². The Bertz CT molecular complexity index is 539. The lowest BCUT2D eigenvalue weighted by Gasteiger charge is -2.33. The average Bonchev–Trinajstić information content (AvgIpc) is 3.01. The average molecular weight is 287 g/mol. The van der Waals surface area contributed by atoms with E-state index in [1.807, 2.05) is 24.7 Å². The summed E-state index contributed by atoms with van der Waals surface area (Å²) in [6.07, 6.45) is 5.85. The van der Waals surface area contributed by atoms with Crippen molar-refractivity contribution in [3.8, 4) is 5.75 Å². The molecule has 0 amide bonds. The Kier molecular flexibility index (Phi) is 4.52. The fourth-order valence-corrected chi connectivity index (χ4v) is 2.65. The molecule has 5 nitrogen and oxygen atoms in total. The second kappa shape index (κ2) is 6.74. The van der Waals surface area contributed by atoms with Gasteiger partial charge in [0, 0.05) is 32.0 Å². The summed E-state index contributed by atoms with van der Waals surface area (Å²) in [4.78, 5) is 6.51. The van der Waals surface area contributed by atoms with E-state index in [-0.39, 0.29) is 6.10 Å². The molecule has 1 aromatic carbocycles. The first kappa shape index (κ1) is 14.1. The van der Waals surface area contributed by atoms with Crippen LogP contribution < -0.4 is 4.74 Å². The second-order valence-electron chi connectivity index (χ2n) is 5.34. The molecule has 5 heteroatoms. The van der Waals surface area contributed by atoms with Crippen LogP contribution in [0.5, 0.6) is 5.75 Å². The highest BCUT2D eigenvalue weighted by Crippen LogP contribution is 2.15. The third kappa shape index (κ3) is 3.83. The van der Waals surface area contributed by atoms with Gasteiger partial charge in [-0.2, -0.15) is 0 Å². The van der Waals surface area contributed by atoms with Gasteiger partial charge < -0.3 is 14.0 Å². The molecule has 1 aliphatic heterocycles. The Balaban J connectivity index is 1.55. The lowest BCUT2D eigenvalue weighted by atomic mass is 10.2. The summed E-state index contributed by atoms with van der Waals surface area (Å²) in [6, 6.07) is 8.27. The van der Waals surface area contributed by atoms with Crippen LogP contribution in [0.4, 0.5) is 0 Å². The van der Waals surface area contributed by atoms with Crippen LogP contribution in [0, 0.1) is 0 Å². The summed E-state index contributed by atoms with van der Waals surface area (Å²) in [5.74, 6) is 0.902. The fourth-order valence-electron chi connectivity index (χ4n) is 2.65. The monoisotopic (exact) mass is 287 g/mol. The Labute approximate surface area is 125 Å². The number of rotatable bonds is 5. The molecule has 1 atom stereocenters. The number of methoxy groups -OCH3 is 1. The Morgan fingerprint density at radius 3 is 2.90 bits per heavy atom. The summed E-state index contributed by atoms with van der Waals surface area (Å²) in [6.45, 7) is 4.53. The number of hydrogen-bond donors (Lipinski definition) is 0. The molecule has 2 heterocycles. The van der Waals surface area contributed by atoms with Gasteiger partial charge in [-0.3, -0.25) is 4.90 Å². The van der Waals surface area contributed by atoms with Crippen LogP contribution in [0.15, 0.2) is 43.0 Å². The first-order valence-electron chi connectivity index (χ1n) is 7.26. The summed E-state index contributed by atoms with van der Waals surface area (Å²) in [5, 5.41) is 0. The third-order valence-electron chi connectivity index (χ3n) is 3.76. The molecule has 0 spiro atoms. The van der Waals surface area contributed by atoms with E-state index in [0.29, 0.717) is 0 Å². The minimum absolute atomic E-state index is 0.228. The van der Waals surface area contributed by atoms with Gasteiger partial charge >= 0.3 is 0 Å². The van der Waals surface area contributed by atoms with Gasteiger partial charge in [0.05, 0.1) is 32.7 Å². The highest BCUT2D eigenvalue weighted by molar-refractivity contribution is 5.27. The predicted molar refractivity (Wildman–Crippen MR) is 80.2 cm³/mol. The van der Waals surface area contributed by atoms with E-state index in [4.69, 9.17) is 9.47 Å².